The molecule has 106 valence electrons. The van der Waals surface area contributed by atoms with E-state index in [-0.39, 0.29) is 12.5 Å². The number of imidazole rings is 1. The van der Waals surface area contributed by atoms with Crippen LogP contribution in [0.2, 0.25) is 10.0 Å². The molecule has 1 heterocycles. The second-order valence-electron chi connectivity index (χ2n) is 4.36. The molecule has 0 aliphatic heterocycles. The van der Waals surface area contributed by atoms with Gasteiger partial charge in [0.2, 0.25) is 0 Å². The number of hydrogen-bond acceptors (Lipinski definition) is 3. The third kappa shape index (κ3) is 2.86. The summed E-state index contributed by atoms with van der Waals surface area (Å²) in [5.74, 6) is 0.188. The van der Waals surface area contributed by atoms with Crippen LogP contribution in [0.5, 0.6) is 5.75 Å². The Labute approximate surface area is 130 Å². The van der Waals surface area contributed by atoms with Crippen molar-refractivity contribution in [2.45, 2.75) is 0 Å². The highest BCUT2D eigenvalue weighted by molar-refractivity contribution is 6.35. The van der Waals surface area contributed by atoms with Gasteiger partial charge in [-0.3, -0.25) is 9.36 Å². The number of hydrogen-bond donors (Lipinski definition) is 0. The molecule has 0 saturated heterocycles. The Morgan fingerprint density at radius 1 is 1.19 bits per heavy atom. The van der Waals surface area contributed by atoms with Crippen molar-refractivity contribution < 1.29 is 9.53 Å². The molecule has 0 radical (unpaired) electrons. The maximum absolute atomic E-state index is 12.2. The molecule has 0 bridgehead atoms. The van der Waals surface area contributed by atoms with E-state index in [9.17, 15) is 4.79 Å². The summed E-state index contributed by atoms with van der Waals surface area (Å²) in [7, 11) is 0. The minimum absolute atomic E-state index is 0.137. The molecule has 6 heteroatoms. The van der Waals surface area contributed by atoms with Crippen LogP contribution in [0.4, 0.5) is 0 Å². The average Bonchev–Trinajstić information content (AvgIpc) is 2.90. The van der Waals surface area contributed by atoms with E-state index in [1.807, 2.05) is 24.3 Å². The lowest BCUT2D eigenvalue weighted by molar-refractivity contribution is 0.0842. The Bertz CT molecular complexity index is 814. The molecule has 1 aromatic heterocycles. The number of para-hydroxylation sites is 2. The maximum atomic E-state index is 12.2. The van der Waals surface area contributed by atoms with Crippen LogP contribution in [-0.4, -0.2) is 22.1 Å². The van der Waals surface area contributed by atoms with Gasteiger partial charge in [0.15, 0.2) is 6.61 Å². The lowest BCUT2D eigenvalue weighted by atomic mass is 10.3. The zero-order chi connectivity index (χ0) is 14.8. The first-order valence-electron chi connectivity index (χ1n) is 6.18. The average molecular weight is 321 g/mol. The number of nitrogens with zero attached hydrogens (tertiary/aromatic N) is 2. The van der Waals surface area contributed by atoms with Gasteiger partial charge in [0, 0.05) is 5.02 Å². The number of aromatic nitrogens is 2. The molecule has 3 aromatic rings. The number of ether oxygens (including phenoxy) is 1. The lowest BCUT2D eigenvalue weighted by Crippen LogP contribution is -2.18. The summed E-state index contributed by atoms with van der Waals surface area (Å²) < 4.78 is 6.90. The molecule has 0 spiro atoms. The normalized spacial score (nSPS) is 10.8. The van der Waals surface area contributed by atoms with Gasteiger partial charge in [-0.15, -0.1) is 0 Å². The van der Waals surface area contributed by atoms with Crippen molar-refractivity contribution in [1.82, 2.24) is 9.55 Å². The summed E-state index contributed by atoms with van der Waals surface area (Å²) in [5, 5.41) is 0.880. The van der Waals surface area contributed by atoms with Gasteiger partial charge in [-0.25, -0.2) is 4.98 Å². The number of rotatable bonds is 3. The molecular weight excluding hydrogens is 311 g/mol. The fourth-order valence-electron chi connectivity index (χ4n) is 1.96. The van der Waals surface area contributed by atoms with E-state index in [1.54, 1.807) is 18.2 Å². The molecule has 3 rings (SSSR count). The van der Waals surface area contributed by atoms with Gasteiger partial charge in [-0.05, 0) is 30.3 Å². The molecule has 0 aliphatic rings. The minimum atomic E-state index is -0.227. The second-order valence-corrected chi connectivity index (χ2v) is 5.20. The van der Waals surface area contributed by atoms with Gasteiger partial charge in [-0.2, -0.15) is 0 Å². The van der Waals surface area contributed by atoms with Crippen LogP contribution in [0.3, 0.4) is 0 Å². The van der Waals surface area contributed by atoms with Gasteiger partial charge < -0.3 is 4.74 Å². The van der Waals surface area contributed by atoms with Crippen molar-refractivity contribution in [3.05, 3.63) is 58.8 Å². The van der Waals surface area contributed by atoms with Crippen molar-refractivity contribution in [1.29, 1.82) is 0 Å². The van der Waals surface area contributed by atoms with Crippen LogP contribution < -0.4 is 4.74 Å². The fourth-order valence-corrected chi connectivity index (χ4v) is 2.42. The molecular formula is C15H10Cl2N2O2. The highest BCUT2D eigenvalue weighted by Crippen LogP contribution is 2.27. The number of benzene rings is 2. The fraction of sp³-hybridized carbons (Fsp3) is 0.0667. The van der Waals surface area contributed by atoms with Crippen LogP contribution in [0.1, 0.15) is 4.79 Å². The zero-order valence-electron chi connectivity index (χ0n) is 10.8. The Morgan fingerprint density at radius 3 is 2.81 bits per heavy atom. The van der Waals surface area contributed by atoms with Crippen molar-refractivity contribution in [2.75, 3.05) is 6.61 Å². The largest absolute Gasteiger partial charge is 0.482 e. The number of halogens is 2. The zero-order valence-corrected chi connectivity index (χ0v) is 12.3. The summed E-state index contributed by atoms with van der Waals surface area (Å²) in [6.45, 7) is -0.137. The molecule has 4 nitrogen and oxygen atoms in total. The maximum Gasteiger partial charge on any atom is 0.270 e. The third-order valence-electron chi connectivity index (χ3n) is 2.97. The summed E-state index contributed by atoms with van der Waals surface area (Å²) in [6, 6.07) is 12.2. The molecule has 21 heavy (non-hydrogen) atoms. The number of carbonyl (C=O) groups excluding carboxylic acids is 1. The topological polar surface area (TPSA) is 44.1 Å². The quantitative estimate of drug-likeness (QED) is 0.730. The standard InChI is InChI=1S/C15H10Cl2N2O2/c16-10-5-6-14(11(17)7-10)21-8-15(20)19-9-18-12-3-1-2-4-13(12)19/h1-7,9H,8H2. The van der Waals surface area contributed by atoms with Gasteiger partial charge in [0.25, 0.3) is 5.91 Å². The summed E-state index contributed by atoms with van der Waals surface area (Å²) in [4.78, 5) is 16.4. The molecule has 0 unspecified atom stereocenters. The van der Waals surface area contributed by atoms with E-state index in [4.69, 9.17) is 27.9 Å². The summed E-state index contributed by atoms with van der Waals surface area (Å²) in [5.41, 5.74) is 1.50. The summed E-state index contributed by atoms with van der Waals surface area (Å²) >= 11 is 11.8. The van der Waals surface area contributed by atoms with Crippen LogP contribution >= 0.6 is 23.2 Å². The predicted octanol–water partition coefficient (Wildman–Crippen LogP) is 4.06. The van der Waals surface area contributed by atoms with Crippen LogP contribution in [0.25, 0.3) is 11.0 Å². The third-order valence-corrected chi connectivity index (χ3v) is 3.50. The van der Waals surface area contributed by atoms with Gasteiger partial charge in [0.05, 0.1) is 16.1 Å². The lowest BCUT2D eigenvalue weighted by Gasteiger charge is -2.08. The number of carbonyl (C=O) groups is 1. The monoisotopic (exact) mass is 320 g/mol. The Balaban J connectivity index is 1.77. The van der Waals surface area contributed by atoms with Crippen molar-refractivity contribution >= 4 is 40.1 Å². The SMILES string of the molecule is O=C(COc1ccc(Cl)cc1Cl)n1cnc2ccccc21. The Kier molecular flexibility index (Phi) is 3.82. The first-order chi connectivity index (χ1) is 10.1. The molecule has 0 atom stereocenters. The van der Waals surface area contributed by atoms with E-state index in [0.717, 1.165) is 11.0 Å². The van der Waals surface area contributed by atoms with E-state index in [1.165, 1.54) is 10.9 Å². The highest BCUT2D eigenvalue weighted by atomic mass is 35.5. The van der Waals surface area contributed by atoms with Crippen molar-refractivity contribution in [2.24, 2.45) is 0 Å². The first kappa shape index (κ1) is 13.9. The van der Waals surface area contributed by atoms with Crippen molar-refractivity contribution in [3.8, 4) is 5.75 Å². The molecule has 0 N–H and O–H groups in total. The molecule has 0 amide bonds. The molecule has 0 aliphatic carbocycles. The Morgan fingerprint density at radius 2 is 2.00 bits per heavy atom. The van der Waals surface area contributed by atoms with Crippen molar-refractivity contribution in [3.63, 3.8) is 0 Å². The van der Waals surface area contributed by atoms with E-state index >= 15 is 0 Å². The van der Waals surface area contributed by atoms with E-state index in [0.29, 0.717) is 15.8 Å². The van der Waals surface area contributed by atoms with Crippen LogP contribution in [0, 0.1) is 0 Å². The number of fused-ring (bicyclic) bond motifs is 1. The molecule has 2 aromatic carbocycles. The molecule has 0 saturated carbocycles. The minimum Gasteiger partial charge on any atom is -0.482 e. The Hall–Kier alpha value is -2.04. The van der Waals surface area contributed by atoms with Gasteiger partial charge >= 0.3 is 0 Å². The predicted molar refractivity (Wildman–Crippen MR) is 82.3 cm³/mol. The van der Waals surface area contributed by atoms with Gasteiger partial charge in [-0.1, -0.05) is 35.3 Å². The molecule has 0 fully saturated rings. The first-order valence-corrected chi connectivity index (χ1v) is 6.94. The van der Waals surface area contributed by atoms with E-state index in [2.05, 4.69) is 4.98 Å². The highest BCUT2D eigenvalue weighted by Gasteiger charge is 2.11. The van der Waals surface area contributed by atoms with Crippen LogP contribution in [-0.2, 0) is 0 Å². The smallest absolute Gasteiger partial charge is 0.270 e. The van der Waals surface area contributed by atoms with E-state index < -0.39 is 0 Å². The van der Waals surface area contributed by atoms with Crippen LogP contribution in [0.15, 0.2) is 48.8 Å². The van der Waals surface area contributed by atoms with Gasteiger partial charge in [0.1, 0.15) is 12.1 Å². The summed E-state index contributed by atoms with van der Waals surface area (Å²) in [6.07, 6.45) is 1.49. The second kappa shape index (κ2) is 5.76.